The van der Waals surface area contributed by atoms with Crippen LogP contribution in [0.3, 0.4) is 0 Å². The van der Waals surface area contributed by atoms with Crippen molar-refractivity contribution < 1.29 is 24.6 Å². The summed E-state index contributed by atoms with van der Waals surface area (Å²) in [6.07, 6.45) is -0.406. The van der Waals surface area contributed by atoms with Gasteiger partial charge in [-0.3, -0.25) is 14.4 Å². The number of hydrogen-bond donors (Lipinski definition) is 2. The molecule has 5 nitrogen and oxygen atoms in total. The van der Waals surface area contributed by atoms with Crippen molar-refractivity contribution in [2.75, 3.05) is 0 Å². The molecule has 5 heteroatoms. The fourth-order valence-corrected chi connectivity index (χ4v) is 1.86. The summed E-state index contributed by atoms with van der Waals surface area (Å²) in [6.45, 7) is 2.63. The number of carbonyl (C=O) groups is 3. The van der Waals surface area contributed by atoms with Crippen LogP contribution >= 0.6 is 0 Å². The first-order chi connectivity index (χ1) is 6.24. The summed E-state index contributed by atoms with van der Waals surface area (Å²) < 4.78 is 0. The fourth-order valence-electron chi connectivity index (χ4n) is 1.86. The molecule has 14 heavy (non-hydrogen) atoms. The van der Waals surface area contributed by atoms with Crippen LogP contribution in [0.5, 0.6) is 0 Å². The maximum Gasteiger partial charge on any atom is 0.310 e. The van der Waals surface area contributed by atoms with Crippen LogP contribution in [0.4, 0.5) is 0 Å². The molecule has 0 spiro atoms. The molecule has 0 aromatic carbocycles. The van der Waals surface area contributed by atoms with Gasteiger partial charge in [-0.15, -0.1) is 0 Å². The van der Waals surface area contributed by atoms with Gasteiger partial charge in [0.2, 0.25) is 0 Å². The maximum absolute atomic E-state index is 11.2. The predicted octanol–water partition coefficient (Wildman–Crippen LogP) is 0.531. The summed E-state index contributed by atoms with van der Waals surface area (Å²) in [7, 11) is 0. The van der Waals surface area contributed by atoms with Crippen molar-refractivity contribution in [3.05, 3.63) is 0 Å². The first-order valence-electron chi connectivity index (χ1n) is 4.22. The van der Waals surface area contributed by atoms with Gasteiger partial charge in [-0.2, -0.15) is 0 Å². The molecule has 0 radical (unpaired) electrons. The number of rotatable bonds is 2. The van der Waals surface area contributed by atoms with Gasteiger partial charge < -0.3 is 10.2 Å². The fraction of sp³-hybridized carbons (Fsp3) is 0.667. The Bertz CT molecular complexity index is 291. The second-order valence-electron chi connectivity index (χ2n) is 4.17. The molecule has 0 aliphatic heterocycles. The zero-order valence-corrected chi connectivity index (χ0v) is 8.03. The number of carboxylic acid groups (broad SMARTS) is 2. The molecule has 1 rings (SSSR count). The summed E-state index contributed by atoms with van der Waals surface area (Å²) in [5, 5.41) is 17.9. The van der Waals surface area contributed by atoms with Gasteiger partial charge in [0.05, 0.1) is 10.8 Å². The summed E-state index contributed by atoms with van der Waals surface area (Å²) >= 11 is 0. The SMILES string of the molecule is C[C@@]1(C(=O)O)CC(=O)C[C@]1(C)C(=O)O. The number of carboxylic acids is 2. The Morgan fingerprint density at radius 3 is 1.57 bits per heavy atom. The van der Waals surface area contributed by atoms with E-state index in [4.69, 9.17) is 10.2 Å². The maximum atomic E-state index is 11.2. The van der Waals surface area contributed by atoms with Gasteiger partial charge in [0.15, 0.2) is 0 Å². The van der Waals surface area contributed by atoms with Crippen molar-refractivity contribution >= 4 is 17.7 Å². The van der Waals surface area contributed by atoms with E-state index in [0.717, 1.165) is 0 Å². The van der Waals surface area contributed by atoms with Crippen molar-refractivity contribution in [1.82, 2.24) is 0 Å². The molecule has 0 saturated heterocycles. The van der Waals surface area contributed by atoms with Gasteiger partial charge in [-0.1, -0.05) is 0 Å². The van der Waals surface area contributed by atoms with Gasteiger partial charge in [0.25, 0.3) is 0 Å². The lowest BCUT2D eigenvalue weighted by Crippen LogP contribution is -2.44. The minimum absolute atomic E-state index is 0.203. The quantitative estimate of drug-likeness (QED) is 0.678. The summed E-state index contributed by atoms with van der Waals surface area (Å²) in [5.74, 6) is -2.76. The Hall–Kier alpha value is -1.39. The first kappa shape index (κ1) is 10.7. The standard InChI is InChI=1S/C9H12O5/c1-8(6(11)12)3-5(10)4-9(8,2)7(13)14/h3-4H2,1-2H3,(H,11,12)(H,13,14)/t8-,9+. The summed E-state index contributed by atoms with van der Waals surface area (Å²) in [6, 6.07) is 0. The molecule has 1 fully saturated rings. The molecule has 0 unspecified atom stereocenters. The van der Waals surface area contributed by atoms with Crippen LogP contribution in [0.15, 0.2) is 0 Å². The number of Topliss-reactive ketones (excluding diaryl/α,β-unsaturated/α-hetero) is 1. The van der Waals surface area contributed by atoms with Gasteiger partial charge in [0.1, 0.15) is 5.78 Å². The van der Waals surface area contributed by atoms with E-state index in [-0.39, 0.29) is 18.6 Å². The Labute approximate surface area is 80.7 Å². The van der Waals surface area contributed by atoms with Gasteiger partial charge in [-0.25, -0.2) is 0 Å². The largest absolute Gasteiger partial charge is 0.481 e. The smallest absolute Gasteiger partial charge is 0.310 e. The van der Waals surface area contributed by atoms with Gasteiger partial charge >= 0.3 is 11.9 Å². The molecule has 1 aliphatic carbocycles. The van der Waals surface area contributed by atoms with E-state index in [2.05, 4.69) is 0 Å². The van der Waals surface area contributed by atoms with E-state index < -0.39 is 22.8 Å². The summed E-state index contributed by atoms with van der Waals surface area (Å²) in [4.78, 5) is 33.1. The Kier molecular flexibility index (Phi) is 2.14. The van der Waals surface area contributed by atoms with Crippen molar-refractivity contribution in [2.45, 2.75) is 26.7 Å². The zero-order chi connectivity index (χ0) is 11.1. The number of ketones is 1. The highest BCUT2D eigenvalue weighted by Crippen LogP contribution is 2.51. The molecule has 2 atom stereocenters. The molecule has 0 aromatic heterocycles. The van der Waals surface area contributed by atoms with E-state index in [1.54, 1.807) is 0 Å². The third-order valence-corrected chi connectivity index (χ3v) is 3.26. The van der Waals surface area contributed by atoms with Crippen LogP contribution in [0, 0.1) is 10.8 Å². The number of carbonyl (C=O) groups excluding carboxylic acids is 1. The number of hydrogen-bond acceptors (Lipinski definition) is 3. The Balaban J connectivity index is 3.24. The van der Waals surface area contributed by atoms with Crippen molar-refractivity contribution in [2.24, 2.45) is 10.8 Å². The average Bonchev–Trinajstić information content (AvgIpc) is 2.24. The van der Waals surface area contributed by atoms with Crippen LogP contribution in [0.1, 0.15) is 26.7 Å². The van der Waals surface area contributed by atoms with Crippen LogP contribution in [0.2, 0.25) is 0 Å². The van der Waals surface area contributed by atoms with Gasteiger partial charge in [-0.05, 0) is 13.8 Å². The highest BCUT2D eigenvalue weighted by Gasteiger charge is 2.61. The first-order valence-corrected chi connectivity index (χ1v) is 4.22. The molecular formula is C9H12O5. The second kappa shape index (κ2) is 2.80. The Morgan fingerprint density at radius 1 is 1.07 bits per heavy atom. The van der Waals surface area contributed by atoms with Crippen LogP contribution in [-0.4, -0.2) is 27.9 Å². The number of aliphatic carboxylic acids is 2. The van der Waals surface area contributed by atoms with Crippen molar-refractivity contribution in [3.8, 4) is 0 Å². The molecule has 1 saturated carbocycles. The second-order valence-corrected chi connectivity index (χ2v) is 4.17. The van der Waals surface area contributed by atoms with Gasteiger partial charge in [0, 0.05) is 12.8 Å². The van der Waals surface area contributed by atoms with Crippen molar-refractivity contribution in [3.63, 3.8) is 0 Å². The minimum Gasteiger partial charge on any atom is -0.481 e. The lowest BCUT2D eigenvalue weighted by Gasteiger charge is -2.32. The Morgan fingerprint density at radius 2 is 1.36 bits per heavy atom. The van der Waals surface area contributed by atoms with E-state index in [0.29, 0.717) is 0 Å². The third kappa shape index (κ3) is 1.12. The molecule has 1 aliphatic rings. The topological polar surface area (TPSA) is 91.7 Å². The molecule has 2 N–H and O–H groups in total. The minimum atomic E-state index is -1.49. The third-order valence-electron chi connectivity index (χ3n) is 3.26. The normalized spacial score (nSPS) is 37.1. The van der Waals surface area contributed by atoms with Crippen LogP contribution < -0.4 is 0 Å². The molecule has 0 heterocycles. The monoisotopic (exact) mass is 200 g/mol. The van der Waals surface area contributed by atoms with E-state index in [1.165, 1.54) is 13.8 Å². The molecule has 78 valence electrons. The summed E-state index contributed by atoms with van der Waals surface area (Å²) in [5.41, 5.74) is -2.98. The molecular weight excluding hydrogens is 188 g/mol. The van der Waals surface area contributed by atoms with E-state index in [9.17, 15) is 14.4 Å². The lowest BCUT2D eigenvalue weighted by molar-refractivity contribution is -0.167. The van der Waals surface area contributed by atoms with Crippen LogP contribution in [-0.2, 0) is 14.4 Å². The van der Waals surface area contributed by atoms with Crippen LogP contribution in [0.25, 0.3) is 0 Å². The van der Waals surface area contributed by atoms with E-state index in [1.807, 2.05) is 0 Å². The highest BCUT2D eigenvalue weighted by molar-refractivity contribution is 5.98. The average molecular weight is 200 g/mol. The highest BCUT2D eigenvalue weighted by atomic mass is 16.4. The van der Waals surface area contributed by atoms with E-state index >= 15 is 0 Å². The predicted molar refractivity (Wildman–Crippen MR) is 45.7 cm³/mol. The van der Waals surface area contributed by atoms with Crippen molar-refractivity contribution in [1.29, 1.82) is 0 Å². The lowest BCUT2D eigenvalue weighted by atomic mass is 9.68. The molecule has 0 amide bonds. The molecule has 0 bridgehead atoms. The molecule has 0 aromatic rings. The zero-order valence-electron chi connectivity index (χ0n) is 8.03.